The average molecular weight is 358 g/mol. The summed E-state index contributed by atoms with van der Waals surface area (Å²) >= 11 is 0. The molecule has 0 atom stereocenters. The Balaban J connectivity index is 1.78. The minimum Gasteiger partial charge on any atom is -0.497 e. The zero-order chi connectivity index (χ0) is 18.6. The number of anilines is 1. The molecule has 3 aromatic rings. The quantitative estimate of drug-likeness (QED) is 0.686. The van der Waals surface area contributed by atoms with Gasteiger partial charge in [-0.15, -0.1) is 0 Å². The van der Waals surface area contributed by atoms with E-state index in [2.05, 4.69) is 17.2 Å². The van der Waals surface area contributed by atoms with Gasteiger partial charge in [-0.3, -0.25) is 0 Å². The Bertz CT molecular complexity index is 947. The molecular formula is C20H17F3N2O. The van der Waals surface area contributed by atoms with Gasteiger partial charge in [-0.25, -0.2) is 0 Å². The third kappa shape index (κ3) is 4.31. The molecule has 6 heteroatoms. The largest absolute Gasteiger partial charge is 0.497 e. The number of rotatable bonds is 4. The summed E-state index contributed by atoms with van der Waals surface area (Å²) in [5.41, 5.74) is 1.73. The highest BCUT2D eigenvalue weighted by Gasteiger charge is 2.29. The number of alkyl halides is 3. The number of hydrogen-bond acceptors (Lipinski definition) is 2. The highest BCUT2D eigenvalue weighted by molar-refractivity contribution is 5.82. The summed E-state index contributed by atoms with van der Waals surface area (Å²) in [6, 6.07) is 16.0. The highest BCUT2D eigenvalue weighted by atomic mass is 19.4. The van der Waals surface area contributed by atoms with Gasteiger partial charge in [0.15, 0.2) is 0 Å². The highest BCUT2D eigenvalue weighted by Crippen LogP contribution is 2.25. The van der Waals surface area contributed by atoms with E-state index < -0.39 is 12.7 Å². The second kappa shape index (κ2) is 7.44. The van der Waals surface area contributed by atoms with Crippen LogP contribution in [-0.2, 0) is 6.54 Å². The zero-order valence-electron chi connectivity index (χ0n) is 14.1. The number of fused-ring (bicyclic) bond motifs is 1. The molecule has 26 heavy (non-hydrogen) atoms. The van der Waals surface area contributed by atoms with Crippen molar-refractivity contribution in [1.82, 2.24) is 4.57 Å². The van der Waals surface area contributed by atoms with Crippen LogP contribution in [0.3, 0.4) is 0 Å². The maximum atomic E-state index is 12.9. The van der Waals surface area contributed by atoms with Gasteiger partial charge in [0.1, 0.15) is 12.3 Å². The predicted octanol–water partition coefficient (Wildman–Crippen LogP) is 4.68. The summed E-state index contributed by atoms with van der Waals surface area (Å²) in [5.74, 6) is 6.48. The molecule has 0 fully saturated rings. The zero-order valence-corrected chi connectivity index (χ0v) is 14.1. The molecule has 3 rings (SSSR count). The van der Waals surface area contributed by atoms with E-state index in [0.717, 1.165) is 16.8 Å². The third-order valence-corrected chi connectivity index (χ3v) is 3.84. The van der Waals surface area contributed by atoms with Gasteiger partial charge < -0.3 is 14.6 Å². The third-order valence-electron chi connectivity index (χ3n) is 3.84. The van der Waals surface area contributed by atoms with E-state index in [0.29, 0.717) is 17.8 Å². The van der Waals surface area contributed by atoms with E-state index in [1.807, 2.05) is 24.3 Å². The summed E-state index contributed by atoms with van der Waals surface area (Å²) in [7, 11) is 1.59. The van der Waals surface area contributed by atoms with Crippen LogP contribution in [0.1, 0.15) is 5.69 Å². The normalized spacial score (nSPS) is 11.1. The Labute approximate surface area is 149 Å². The monoisotopic (exact) mass is 358 g/mol. The number of para-hydroxylation sites is 1. The number of aromatic nitrogens is 1. The van der Waals surface area contributed by atoms with Crippen LogP contribution < -0.4 is 10.1 Å². The molecule has 0 aliphatic heterocycles. The molecule has 0 spiro atoms. The van der Waals surface area contributed by atoms with Gasteiger partial charge in [0, 0.05) is 16.6 Å². The molecule has 0 amide bonds. The van der Waals surface area contributed by atoms with E-state index in [1.54, 1.807) is 37.4 Å². The molecule has 0 unspecified atom stereocenters. The van der Waals surface area contributed by atoms with E-state index in [9.17, 15) is 13.2 Å². The predicted molar refractivity (Wildman–Crippen MR) is 96.4 cm³/mol. The van der Waals surface area contributed by atoms with Crippen molar-refractivity contribution in [3.8, 4) is 17.6 Å². The van der Waals surface area contributed by atoms with Gasteiger partial charge in [0.25, 0.3) is 0 Å². The van der Waals surface area contributed by atoms with Crippen LogP contribution in [0.25, 0.3) is 10.9 Å². The first-order valence-electron chi connectivity index (χ1n) is 7.98. The number of benzene rings is 2. The molecule has 0 saturated heterocycles. The molecule has 0 bridgehead atoms. The minimum absolute atomic E-state index is 0.319. The Morgan fingerprint density at radius 3 is 2.50 bits per heavy atom. The van der Waals surface area contributed by atoms with Crippen molar-refractivity contribution >= 4 is 16.6 Å². The molecule has 0 aliphatic carbocycles. The van der Waals surface area contributed by atoms with Crippen LogP contribution >= 0.6 is 0 Å². The lowest BCUT2D eigenvalue weighted by Gasteiger charge is -2.10. The van der Waals surface area contributed by atoms with Crippen molar-refractivity contribution in [2.24, 2.45) is 0 Å². The first-order valence-corrected chi connectivity index (χ1v) is 7.98. The lowest BCUT2D eigenvalue weighted by molar-refractivity contribution is -0.140. The summed E-state index contributed by atoms with van der Waals surface area (Å²) in [5, 5.41) is 3.85. The molecule has 0 saturated carbocycles. The minimum atomic E-state index is -4.31. The van der Waals surface area contributed by atoms with E-state index >= 15 is 0 Å². The molecule has 1 aromatic heterocycles. The number of halogens is 3. The Morgan fingerprint density at radius 2 is 1.81 bits per heavy atom. The fraction of sp³-hybridized carbons (Fsp3) is 0.200. The van der Waals surface area contributed by atoms with E-state index in [1.165, 1.54) is 4.57 Å². The van der Waals surface area contributed by atoms with Crippen molar-refractivity contribution in [2.45, 2.75) is 12.7 Å². The second-order valence-corrected chi connectivity index (χ2v) is 5.67. The fourth-order valence-electron chi connectivity index (χ4n) is 2.65. The van der Waals surface area contributed by atoms with Crippen LogP contribution in [0, 0.1) is 11.8 Å². The smallest absolute Gasteiger partial charge is 0.406 e. The first kappa shape index (κ1) is 17.7. The molecule has 1 heterocycles. The number of ether oxygens (including phenoxy) is 1. The summed E-state index contributed by atoms with van der Waals surface area (Å²) in [6.07, 6.45) is -4.31. The van der Waals surface area contributed by atoms with Crippen LogP contribution in [0.2, 0.25) is 0 Å². The first-order chi connectivity index (χ1) is 12.5. The van der Waals surface area contributed by atoms with Crippen molar-refractivity contribution in [1.29, 1.82) is 0 Å². The lowest BCUT2D eigenvalue weighted by atomic mass is 10.2. The summed E-state index contributed by atoms with van der Waals surface area (Å²) in [4.78, 5) is 0. The van der Waals surface area contributed by atoms with Gasteiger partial charge in [0.05, 0.1) is 19.3 Å². The van der Waals surface area contributed by atoms with Crippen molar-refractivity contribution in [2.75, 3.05) is 19.0 Å². The Morgan fingerprint density at radius 1 is 1.08 bits per heavy atom. The molecular weight excluding hydrogens is 341 g/mol. The van der Waals surface area contributed by atoms with Crippen molar-refractivity contribution < 1.29 is 17.9 Å². The maximum Gasteiger partial charge on any atom is 0.406 e. The molecule has 3 nitrogen and oxygen atoms in total. The van der Waals surface area contributed by atoms with Crippen molar-refractivity contribution in [3.63, 3.8) is 0 Å². The van der Waals surface area contributed by atoms with Gasteiger partial charge in [-0.1, -0.05) is 24.1 Å². The molecule has 0 radical (unpaired) electrons. The van der Waals surface area contributed by atoms with E-state index in [-0.39, 0.29) is 0 Å². The average Bonchev–Trinajstić information content (AvgIpc) is 2.95. The lowest BCUT2D eigenvalue weighted by Crippen LogP contribution is -2.18. The summed E-state index contributed by atoms with van der Waals surface area (Å²) < 4.78 is 45.0. The second-order valence-electron chi connectivity index (χ2n) is 5.67. The molecule has 2 aromatic carbocycles. The molecule has 1 N–H and O–H groups in total. The molecule has 0 aliphatic rings. The number of nitrogens with one attached hydrogen (secondary N) is 1. The van der Waals surface area contributed by atoms with Gasteiger partial charge in [-0.2, -0.15) is 13.2 Å². The standard InChI is InChI=1S/C20H17F3N2O/c1-26-18-10-8-16(9-11-18)24-12-4-6-17-13-15-5-2-3-7-19(15)25(17)14-20(21,22)23/h2-3,5,7-11,13,24H,12,14H2,1H3. The number of methoxy groups -OCH3 is 1. The topological polar surface area (TPSA) is 26.2 Å². The number of nitrogens with zero attached hydrogens (tertiary/aromatic N) is 1. The van der Waals surface area contributed by atoms with Crippen LogP contribution in [-0.4, -0.2) is 24.4 Å². The van der Waals surface area contributed by atoms with Gasteiger partial charge >= 0.3 is 6.18 Å². The van der Waals surface area contributed by atoms with Gasteiger partial charge in [0.2, 0.25) is 0 Å². The van der Waals surface area contributed by atoms with Crippen LogP contribution in [0.4, 0.5) is 18.9 Å². The van der Waals surface area contributed by atoms with Gasteiger partial charge in [-0.05, 0) is 42.3 Å². The SMILES string of the molecule is COc1ccc(NCC#Cc2cc3ccccc3n2CC(F)(F)F)cc1. The van der Waals surface area contributed by atoms with Crippen molar-refractivity contribution in [3.05, 3.63) is 60.3 Å². The maximum absolute atomic E-state index is 12.9. The van der Waals surface area contributed by atoms with Crippen LogP contribution in [0.5, 0.6) is 5.75 Å². The Kier molecular flexibility index (Phi) is 5.08. The summed E-state index contributed by atoms with van der Waals surface area (Å²) in [6.45, 7) is -0.740. The molecule has 134 valence electrons. The Hall–Kier alpha value is -3.07. The van der Waals surface area contributed by atoms with Crippen LogP contribution in [0.15, 0.2) is 54.6 Å². The number of hydrogen-bond donors (Lipinski definition) is 1. The fourth-order valence-corrected chi connectivity index (χ4v) is 2.65. The van der Waals surface area contributed by atoms with E-state index in [4.69, 9.17) is 4.74 Å².